The molecule has 20 heavy (non-hydrogen) atoms. The zero-order valence-corrected chi connectivity index (χ0v) is 12.5. The van der Waals surface area contributed by atoms with Gasteiger partial charge in [-0.2, -0.15) is 0 Å². The quantitative estimate of drug-likeness (QED) is 0.813. The largest absolute Gasteiger partial charge is 0.345 e. The number of nitrogens with one attached hydrogen (secondary N) is 2. The van der Waals surface area contributed by atoms with E-state index in [-0.39, 0.29) is 30.6 Å². The smallest absolute Gasteiger partial charge is 0.317 e. The van der Waals surface area contributed by atoms with Crippen LogP contribution in [0.1, 0.15) is 38.7 Å². The highest BCUT2D eigenvalue weighted by molar-refractivity contribution is 5.83. The van der Waals surface area contributed by atoms with Gasteiger partial charge in [0.05, 0.1) is 12.6 Å². The Kier molecular flexibility index (Phi) is 5.48. The van der Waals surface area contributed by atoms with Gasteiger partial charge in [0.2, 0.25) is 5.91 Å². The second kappa shape index (κ2) is 6.88. The van der Waals surface area contributed by atoms with Gasteiger partial charge in [0.25, 0.3) is 0 Å². The minimum absolute atomic E-state index is 0.0723. The Balaban J connectivity index is 2.53. The monoisotopic (exact) mass is 282 g/mol. The van der Waals surface area contributed by atoms with Gasteiger partial charge in [0.1, 0.15) is 6.33 Å². The van der Waals surface area contributed by atoms with Crippen molar-refractivity contribution in [2.45, 2.75) is 32.9 Å². The molecule has 0 spiro atoms. The molecular formula is C12H22N6O2. The molecule has 0 unspecified atom stereocenters. The molecule has 0 aliphatic carbocycles. The topological polar surface area (TPSA) is 92.1 Å². The first-order chi connectivity index (χ1) is 9.32. The van der Waals surface area contributed by atoms with E-state index in [1.54, 1.807) is 20.4 Å². The Hall–Kier alpha value is -2.12. The zero-order chi connectivity index (χ0) is 15.3. The van der Waals surface area contributed by atoms with E-state index in [1.807, 2.05) is 25.3 Å². The summed E-state index contributed by atoms with van der Waals surface area (Å²) in [5, 5.41) is 13.1. The molecule has 0 aliphatic rings. The van der Waals surface area contributed by atoms with Gasteiger partial charge in [-0.25, -0.2) is 4.79 Å². The van der Waals surface area contributed by atoms with Gasteiger partial charge < -0.3 is 20.1 Å². The highest BCUT2D eigenvalue weighted by Crippen LogP contribution is 2.13. The molecule has 0 aromatic carbocycles. The van der Waals surface area contributed by atoms with Crippen molar-refractivity contribution in [2.75, 3.05) is 20.6 Å². The molecule has 1 heterocycles. The van der Waals surface area contributed by atoms with E-state index in [2.05, 4.69) is 20.8 Å². The van der Waals surface area contributed by atoms with Gasteiger partial charge in [-0.1, -0.05) is 0 Å². The van der Waals surface area contributed by atoms with Crippen molar-refractivity contribution >= 4 is 11.9 Å². The molecule has 0 fully saturated rings. The van der Waals surface area contributed by atoms with Crippen LogP contribution in [-0.4, -0.2) is 52.2 Å². The number of aromatic nitrogens is 3. The van der Waals surface area contributed by atoms with Gasteiger partial charge in [-0.15, -0.1) is 10.2 Å². The minimum Gasteiger partial charge on any atom is -0.345 e. The molecule has 0 saturated heterocycles. The Morgan fingerprint density at radius 3 is 2.55 bits per heavy atom. The van der Waals surface area contributed by atoms with E-state index in [4.69, 9.17) is 0 Å². The lowest BCUT2D eigenvalue weighted by atomic mass is 10.3. The maximum absolute atomic E-state index is 11.8. The summed E-state index contributed by atoms with van der Waals surface area (Å²) in [5.74, 6) is 0.415. The second-order valence-corrected chi connectivity index (χ2v) is 5.03. The van der Waals surface area contributed by atoms with Crippen molar-refractivity contribution < 1.29 is 9.59 Å². The summed E-state index contributed by atoms with van der Waals surface area (Å²) in [5.41, 5.74) is 0. The molecular weight excluding hydrogens is 260 g/mol. The van der Waals surface area contributed by atoms with Crippen molar-refractivity contribution in [3.63, 3.8) is 0 Å². The summed E-state index contributed by atoms with van der Waals surface area (Å²) in [4.78, 5) is 24.4. The SMILES string of the molecule is CC(C)n1cnnc1[C@@H](C)NC(=O)CNC(=O)N(C)C. The maximum atomic E-state index is 11.8. The molecule has 1 atom stereocenters. The van der Waals surface area contributed by atoms with E-state index in [1.165, 1.54) is 4.90 Å². The van der Waals surface area contributed by atoms with Gasteiger partial charge in [0.15, 0.2) is 5.82 Å². The zero-order valence-electron chi connectivity index (χ0n) is 12.5. The van der Waals surface area contributed by atoms with E-state index < -0.39 is 0 Å². The number of rotatable bonds is 5. The highest BCUT2D eigenvalue weighted by atomic mass is 16.2. The predicted octanol–water partition coefficient (Wildman–Crippen LogP) is 0.307. The molecule has 1 aromatic heterocycles. The highest BCUT2D eigenvalue weighted by Gasteiger charge is 2.17. The lowest BCUT2D eigenvalue weighted by Gasteiger charge is -2.17. The van der Waals surface area contributed by atoms with Crippen molar-refractivity contribution in [2.24, 2.45) is 0 Å². The third-order valence-corrected chi connectivity index (χ3v) is 2.73. The Labute approximate surface area is 118 Å². The molecule has 3 amide bonds. The van der Waals surface area contributed by atoms with Crippen LogP contribution in [0.4, 0.5) is 4.79 Å². The first-order valence-corrected chi connectivity index (χ1v) is 6.46. The third kappa shape index (κ3) is 4.22. The minimum atomic E-state index is -0.307. The van der Waals surface area contributed by atoms with Crippen LogP contribution in [0.25, 0.3) is 0 Å². The average Bonchev–Trinajstić information content (AvgIpc) is 2.84. The summed E-state index contributed by atoms with van der Waals surface area (Å²) in [6.07, 6.45) is 1.64. The van der Waals surface area contributed by atoms with Gasteiger partial charge >= 0.3 is 6.03 Å². The van der Waals surface area contributed by atoms with Crippen LogP contribution in [0.3, 0.4) is 0 Å². The number of carbonyl (C=O) groups is 2. The first kappa shape index (κ1) is 15.9. The van der Waals surface area contributed by atoms with Crippen molar-refractivity contribution in [1.29, 1.82) is 0 Å². The number of urea groups is 1. The van der Waals surface area contributed by atoms with E-state index >= 15 is 0 Å². The molecule has 8 nitrogen and oxygen atoms in total. The first-order valence-electron chi connectivity index (χ1n) is 6.46. The molecule has 8 heteroatoms. The Morgan fingerprint density at radius 1 is 1.35 bits per heavy atom. The lowest BCUT2D eigenvalue weighted by molar-refractivity contribution is -0.120. The van der Waals surface area contributed by atoms with E-state index in [9.17, 15) is 9.59 Å². The van der Waals surface area contributed by atoms with Crippen LogP contribution in [-0.2, 0) is 4.79 Å². The third-order valence-electron chi connectivity index (χ3n) is 2.73. The van der Waals surface area contributed by atoms with Crippen LogP contribution < -0.4 is 10.6 Å². The van der Waals surface area contributed by atoms with Gasteiger partial charge in [0, 0.05) is 20.1 Å². The van der Waals surface area contributed by atoms with E-state index in [0.717, 1.165) is 0 Å². The molecule has 2 N–H and O–H groups in total. The normalized spacial score (nSPS) is 12.1. The fourth-order valence-electron chi connectivity index (χ4n) is 1.63. The fourth-order valence-corrected chi connectivity index (χ4v) is 1.63. The molecule has 0 radical (unpaired) electrons. The Bertz CT molecular complexity index is 468. The maximum Gasteiger partial charge on any atom is 0.317 e. The summed E-state index contributed by atoms with van der Waals surface area (Å²) in [6, 6.07) is -0.366. The van der Waals surface area contributed by atoms with Crippen LogP contribution in [0.5, 0.6) is 0 Å². The number of hydrogen-bond acceptors (Lipinski definition) is 4. The van der Waals surface area contributed by atoms with Crippen LogP contribution in [0.2, 0.25) is 0 Å². The van der Waals surface area contributed by atoms with Crippen LogP contribution >= 0.6 is 0 Å². The molecule has 1 rings (SSSR count). The molecule has 1 aromatic rings. The van der Waals surface area contributed by atoms with Crippen molar-refractivity contribution in [3.05, 3.63) is 12.2 Å². The number of amides is 3. The number of carbonyl (C=O) groups excluding carboxylic acids is 2. The number of nitrogens with zero attached hydrogens (tertiary/aromatic N) is 4. The fraction of sp³-hybridized carbons (Fsp3) is 0.667. The standard InChI is InChI=1S/C12H22N6O2/c1-8(2)18-7-14-16-11(18)9(3)15-10(19)6-13-12(20)17(4)5/h7-9H,6H2,1-5H3,(H,13,20)(H,15,19)/t9-/m1/s1. The lowest BCUT2D eigenvalue weighted by Crippen LogP contribution is -2.42. The van der Waals surface area contributed by atoms with Gasteiger partial charge in [-0.3, -0.25) is 4.79 Å². The second-order valence-electron chi connectivity index (χ2n) is 5.03. The predicted molar refractivity (Wildman–Crippen MR) is 74.1 cm³/mol. The summed E-state index contributed by atoms with van der Waals surface area (Å²) in [7, 11) is 3.22. The molecule has 0 bridgehead atoms. The Morgan fingerprint density at radius 2 is 2.00 bits per heavy atom. The van der Waals surface area contributed by atoms with Crippen molar-refractivity contribution in [3.8, 4) is 0 Å². The molecule has 0 aliphatic heterocycles. The van der Waals surface area contributed by atoms with Crippen LogP contribution in [0, 0.1) is 0 Å². The molecule has 112 valence electrons. The number of hydrogen-bond donors (Lipinski definition) is 2. The summed E-state index contributed by atoms with van der Waals surface area (Å²) in [6.45, 7) is 5.78. The summed E-state index contributed by atoms with van der Waals surface area (Å²) >= 11 is 0. The molecule has 0 saturated carbocycles. The van der Waals surface area contributed by atoms with E-state index in [0.29, 0.717) is 5.82 Å². The van der Waals surface area contributed by atoms with Crippen LogP contribution in [0.15, 0.2) is 6.33 Å². The average molecular weight is 282 g/mol. The van der Waals surface area contributed by atoms with Gasteiger partial charge in [-0.05, 0) is 20.8 Å². The summed E-state index contributed by atoms with van der Waals surface area (Å²) < 4.78 is 1.89. The van der Waals surface area contributed by atoms with Crippen molar-refractivity contribution in [1.82, 2.24) is 30.3 Å².